The SMILES string of the molecule is CCCNCC1CC1C1CCC(C(C)(C)C)CC1. The van der Waals surface area contributed by atoms with Gasteiger partial charge in [-0.05, 0) is 80.7 Å². The lowest BCUT2D eigenvalue weighted by Gasteiger charge is -2.37. The van der Waals surface area contributed by atoms with Gasteiger partial charge >= 0.3 is 0 Å². The van der Waals surface area contributed by atoms with Gasteiger partial charge in [-0.1, -0.05) is 27.7 Å². The third kappa shape index (κ3) is 3.73. The van der Waals surface area contributed by atoms with E-state index in [1.165, 1.54) is 51.6 Å². The number of rotatable bonds is 5. The zero-order chi connectivity index (χ0) is 13.2. The molecule has 0 amide bonds. The molecule has 2 rings (SSSR count). The molecule has 2 aliphatic rings. The van der Waals surface area contributed by atoms with Gasteiger partial charge in [0.05, 0.1) is 0 Å². The van der Waals surface area contributed by atoms with Crippen LogP contribution in [-0.2, 0) is 0 Å². The third-order valence-corrected chi connectivity index (χ3v) is 5.41. The Balaban J connectivity index is 1.66. The van der Waals surface area contributed by atoms with Crippen LogP contribution in [0.3, 0.4) is 0 Å². The van der Waals surface area contributed by atoms with Crippen LogP contribution in [0, 0.1) is 29.1 Å². The highest BCUT2D eigenvalue weighted by Crippen LogP contribution is 2.51. The predicted octanol–water partition coefficient (Wildman–Crippen LogP) is 4.47. The maximum absolute atomic E-state index is 3.60. The summed E-state index contributed by atoms with van der Waals surface area (Å²) in [6, 6.07) is 0. The van der Waals surface area contributed by atoms with Crippen molar-refractivity contribution in [3.63, 3.8) is 0 Å². The van der Waals surface area contributed by atoms with E-state index < -0.39 is 0 Å². The first-order chi connectivity index (χ1) is 8.52. The number of hydrogen-bond acceptors (Lipinski definition) is 1. The van der Waals surface area contributed by atoms with Gasteiger partial charge < -0.3 is 5.32 Å². The van der Waals surface area contributed by atoms with Crippen molar-refractivity contribution in [1.29, 1.82) is 0 Å². The van der Waals surface area contributed by atoms with Gasteiger partial charge in [-0.2, -0.15) is 0 Å². The van der Waals surface area contributed by atoms with Gasteiger partial charge in [-0.15, -0.1) is 0 Å². The average Bonchev–Trinajstić information content (AvgIpc) is 3.08. The molecule has 0 aromatic carbocycles. The molecule has 2 saturated carbocycles. The minimum absolute atomic E-state index is 0.538. The van der Waals surface area contributed by atoms with Crippen LogP contribution < -0.4 is 5.32 Å². The number of nitrogens with one attached hydrogen (secondary N) is 1. The molecule has 2 unspecified atom stereocenters. The van der Waals surface area contributed by atoms with Crippen LogP contribution in [0.25, 0.3) is 0 Å². The van der Waals surface area contributed by atoms with Crippen molar-refractivity contribution in [3.8, 4) is 0 Å². The van der Waals surface area contributed by atoms with Crippen molar-refractivity contribution in [3.05, 3.63) is 0 Å². The standard InChI is InChI=1S/C17H33N/c1-5-10-18-12-14-11-16(14)13-6-8-15(9-7-13)17(2,3)4/h13-16,18H,5-12H2,1-4H3. The highest BCUT2D eigenvalue weighted by molar-refractivity contribution is 4.95. The molecule has 0 aliphatic heterocycles. The van der Waals surface area contributed by atoms with Gasteiger partial charge in [0.15, 0.2) is 0 Å². The van der Waals surface area contributed by atoms with Crippen LogP contribution in [0.5, 0.6) is 0 Å². The molecule has 2 aliphatic carbocycles. The van der Waals surface area contributed by atoms with Gasteiger partial charge in [-0.3, -0.25) is 0 Å². The molecule has 1 nitrogen and oxygen atoms in total. The zero-order valence-electron chi connectivity index (χ0n) is 13.0. The van der Waals surface area contributed by atoms with E-state index in [4.69, 9.17) is 0 Å². The van der Waals surface area contributed by atoms with E-state index in [0.717, 1.165) is 23.7 Å². The summed E-state index contributed by atoms with van der Waals surface area (Å²) in [4.78, 5) is 0. The predicted molar refractivity (Wildman–Crippen MR) is 79.7 cm³/mol. The second-order valence-electron chi connectivity index (χ2n) is 7.84. The minimum atomic E-state index is 0.538. The number of hydrogen-bond donors (Lipinski definition) is 1. The van der Waals surface area contributed by atoms with E-state index in [1.54, 1.807) is 0 Å². The molecule has 2 fully saturated rings. The smallest absolute Gasteiger partial charge is 0.00177 e. The van der Waals surface area contributed by atoms with Crippen molar-refractivity contribution >= 4 is 0 Å². The van der Waals surface area contributed by atoms with Crippen LogP contribution in [0.15, 0.2) is 0 Å². The first-order valence-corrected chi connectivity index (χ1v) is 8.23. The molecule has 0 radical (unpaired) electrons. The average molecular weight is 251 g/mol. The Kier molecular flexibility index (Phi) is 4.75. The van der Waals surface area contributed by atoms with Gasteiger partial charge in [0.2, 0.25) is 0 Å². The summed E-state index contributed by atoms with van der Waals surface area (Å²) in [6.07, 6.45) is 8.78. The van der Waals surface area contributed by atoms with Crippen LogP contribution >= 0.6 is 0 Å². The topological polar surface area (TPSA) is 12.0 Å². The van der Waals surface area contributed by atoms with Gasteiger partial charge in [-0.25, -0.2) is 0 Å². The summed E-state index contributed by atoms with van der Waals surface area (Å²) < 4.78 is 0. The van der Waals surface area contributed by atoms with Gasteiger partial charge in [0.1, 0.15) is 0 Å². The highest BCUT2D eigenvalue weighted by Gasteiger charge is 2.44. The lowest BCUT2D eigenvalue weighted by molar-refractivity contribution is 0.139. The van der Waals surface area contributed by atoms with E-state index in [1.807, 2.05) is 0 Å². The Labute approximate surface area is 114 Å². The van der Waals surface area contributed by atoms with Crippen molar-refractivity contribution in [2.24, 2.45) is 29.1 Å². The van der Waals surface area contributed by atoms with Crippen molar-refractivity contribution < 1.29 is 0 Å². The van der Waals surface area contributed by atoms with Crippen LogP contribution in [0.2, 0.25) is 0 Å². The van der Waals surface area contributed by atoms with E-state index in [9.17, 15) is 0 Å². The van der Waals surface area contributed by atoms with Gasteiger partial charge in [0, 0.05) is 0 Å². The van der Waals surface area contributed by atoms with Crippen molar-refractivity contribution in [2.45, 2.75) is 66.2 Å². The largest absolute Gasteiger partial charge is 0.316 e. The minimum Gasteiger partial charge on any atom is -0.316 e. The Morgan fingerprint density at radius 3 is 2.28 bits per heavy atom. The highest BCUT2D eigenvalue weighted by atomic mass is 14.9. The molecule has 1 heteroatoms. The third-order valence-electron chi connectivity index (χ3n) is 5.41. The molecule has 1 N–H and O–H groups in total. The van der Waals surface area contributed by atoms with Gasteiger partial charge in [0.25, 0.3) is 0 Å². The summed E-state index contributed by atoms with van der Waals surface area (Å²) in [6.45, 7) is 12.0. The second-order valence-corrected chi connectivity index (χ2v) is 7.84. The molecule has 0 heterocycles. The Morgan fingerprint density at radius 1 is 1.06 bits per heavy atom. The van der Waals surface area contributed by atoms with Crippen LogP contribution in [0.1, 0.15) is 66.2 Å². The fraction of sp³-hybridized carbons (Fsp3) is 1.00. The summed E-state index contributed by atoms with van der Waals surface area (Å²) >= 11 is 0. The Bertz CT molecular complexity index is 245. The molecule has 0 bridgehead atoms. The lowest BCUT2D eigenvalue weighted by atomic mass is 9.69. The fourth-order valence-corrected chi connectivity index (χ4v) is 3.96. The molecule has 0 aromatic rings. The molecule has 18 heavy (non-hydrogen) atoms. The first-order valence-electron chi connectivity index (χ1n) is 8.23. The summed E-state index contributed by atoms with van der Waals surface area (Å²) in [5, 5.41) is 3.60. The summed E-state index contributed by atoms with van der Waals surface area (Å²) in [5.74, 6) is 4.14. The van der Waals surface area contributed by atoms with Crippen LogP contribution in [-0.4, -0.2) is 13.1 Å². The Morgan fingerprint density at radius 2 is 1.72 bits per heavy atom. The molecule has 106 valence electrons. The normalized spacial score (nSPS) is 36.7. The monoisotopic (exact) mass is 251 g/mol. The summed E-state index contributed by atoms with van der Waals surface area (Å²) in [5.41, 5.74) is 0.538. The fourth-order valence-electron chi connectivity index (χ4n) is 3.96. The maximum Gasteiger partial charge on any atom is -0.00177 e. The summed E-state index contributed by atoms with van der Waals surface area (Å²) in [7, 11) is 0. The van der Waals surface area contributed by atoms with Crippen molar-refractivity contribution in [2.75, 3.05) is 13.1 Å². The molecule has 0 saturated heterocycles. The second kappa shape index (κ2) is 5.94. The molecule has 0 spiro atoms. The van der Waals surface area contributed by atoms with Crippen molar-refractivity contribution in [1.82, 2.24) is 5.32 Å². The molecule has 2 atom stereocenters. The Hall–Kier alpha value is -0.0400. The van der Waals surface area contributed by atoms with E-state index >= 15 is 0 Å². The lowest BCUT2D eigenvalue weighted by Crippen LogP contribution is -2.27. The van der Waals surface area contributed by atoms with E-state index in [-0.39, 0.29) is 0 Å². The maximum atomic E-state index is 3.60. The quantitative estimate of drug-likeness (QED) is 0.711. The molecular weight excluding hydrogens is 218 g/mol. The van der Waals surface area contributed by atoms with E-state index in [2.05, 4.69) is 33.0 Å². The van der Waals surface area contributed by atoms with E-state index in [0.29, 0.717) is 5.41 Å². The first kappa shape index (κ1) is 14.4. The molecule has 0 aromatic heterocycles. The van der Waals surface area contributed by atoms with Crippen LogP contribution in [0.4, 0.5) is 0 Å². The zero-order valence-corrected chi connectivity index (χ0v) is 13.0. The molecular formula is C17H33N.